The summed E-state index contributed by atoms with van der Waals surface area (Å²) < 4.78 is 11.2. The molecule has 1 aliphatic rings. The Bertz CT molecular complexity index is 53.7. The highest BCUT2D eigenvalue weighted by atomic mass is 32.2. The van der Waals surface area contributed by atoms with E-state index < -0.39 is 0 Å². The van der Waals surface area contributed by atoms with Gasteiger partial charge in [0.1, 0.15) is 6.10 Å². The molecule has 0 N–H and O–H groups in total. The van der Waals surface area contributed by atoms with Crippen LogP contribution in [0.1, 0.15) is 6.42 Å². The van der Waals surface area contributed by atoms with Crippen LogP contribution in [0.5, 0.6) is 0 Å². The predicted octanol–water partition coefficient (Wildman–Crippen LogP) is 1.39. The summed E-state index contributed by atoms with van der Waals surface area (Å²) in [7, 11) is 0. The Hall–Kier alpha value is 0.240. The van der Waals surface area contributed by atoms with Crippen molar-refractivity contribution in [3.63, 3.8) is 0 Å². The molecule has 1 saturated heterocycles. The molecule has 1 nitrogen and oxygen atoms in total. The summed E-state index contributed by atoms with van der Waals surface area (Å²) in [5, 5.41) is 0. The molecule has 3 heteroatoms. The van der Waals surface area contributed by atoms with Crippen LogP contribution < -0.4 is 0 Å². The largest absolute Gasteiger partial charge is 0.190 e. The van der Waals surface area contributed by atoms with Crippen LogP contribution in [-0.2, 0) is 4.94 Å². The topological polar surface area (TPSA) is 9.23 Å². The summed E-state index contributed by atoms with van der Waals surface area (Å²) in [6, 6.07) is 0. The quantitative estimate of drug-likeness (QED) is 0.519. The van der Waals surface area contributed by atoms with Gasteiger partial charge in [-0.2, -0.15) is 16.7 Å². The number of thioether (sulfide) groups is 1. The molecule has 0 aromatic carbocycles. The van der Waals surface area contributed by atoms with E-state index in [1.54, 1.807) is 11.8 Å². The number of hydrogen-bond donors (Lipinski definition) is 0. The lowest BCUT2D eigenvalue weighted by atomic mass is 10.3. The molecular formula is C4H7FOS. The first-order chi connectivity index (χ1) is 3.43. The van der Waals surface area contributed by atoms with Gasteiger partial charge < -0.3 is 0 Å². The molecule has 42 valence electrons. The Morgan fingerprint density at radius 3 is 2.86 bits per heavy atom. The van der Waals surface area contributed by atoms with E-state index in [0.29, 0.717) is 0 Å². The van der Waals surface area contributed by atoms with Crippen molar-refractivity contribution in [1.82, 2.24) is 0 Å². The van der Waals surface area contributed by atoms with Crippen molar-refractivity contribution in [2.24, 2.45) is 0 Å². The van der Waals surface area contributed by atoms with Crippen molar-refractivity contribution in [2.45, 2.75) is 12.5 Å². The Morgan fingerprint density at radius 2 is 2.57 bits per heavy atom. The first kappa shape index (κ1) is 5.38. The molecule has 1 aliphatic heterocycles. The summed E-state index contributed by atoms with van der Waals surface area (Å²) in [5.74, 6) is 1.88. The SMILES string of the molecule is FOC1CCSC1. The van der Waals surface area contributed by atoms with E-state index in [4.69, 9.17) is 0 Å². The Labute approximate surface area is 46.1 Å². The van der Waals surface area contributed by atoms with Crippen molar-refractivity contribution in [2.75, 3.05) is 11.5 Å². The van der Waals surface area contributed by atoms with Gasteiger partial charge >= 0.3 is 0 Å². The fourth-order valence-corrected chi connectivity index (χ4v) is 1.66. The fourth-order valence-electron chi connectivity index (χ4n) is 0.583. The first-order valence-corrected chi connectivity index (χ1v) is 3.44. The molecule has 1 unspecified atom stereocenters. The summed E-state index contributed by atoms with van der Waals surface area (Å²) in [5.41, 5.74) is 0. The third kappa shape index (κ3) is 1.31. The molecular weight excluding hydrogens is 115 g/mol. The maximum atomic E-state index is 11.2. The molecule has 0 aliphatic carbocycles. The standard InChI is InChI=1S/C4H7FOS/c5-6-4-1-2-7-3-4/h4H,1-3H2. The third-order valence-corrected chi connectivity index (χ3v) is 2.15. The van der Waals surface area contributed by atoms with Crippen molar-refractivity contribution >= 4 is 11.8 Å². The van der Waals surface area contributed by atoms with E-state index in [-0.39, 0.29) is 6.10 Å². The molecule has 1 heterocycles. The minimum atomic E-state index is -0.106. The zero-order valence-electron chi connectivity index (χ0n) is 3.89. The van der Waals surface area contributed by atoms with Crippen LogP contribution in [0.25, 0.3) is 0 Å². The third-order valence-electron chi connectivity index (χ3n) is 1.01. The van der Waals surface area contributed by atoms with Gasteiger partial charge in [0, 0.05) is 5.75 Å². The normalized spacial score (nSPS) is 31.3. The maximum absolute atomic E-state index is 11.2. The smallest absolute Gasteiger partial charge is 0.108 e. The highest BCUT2D eigenvalue weighted by molar-refractivity contribution is 7.99. The molecule has 1 rings (SSSR count). The predicted molar refractivity (Wildman–Crippen MR) is 27.9 cm³/mol. The Kier molecular flexibility index (Phi) is 1.94. The summed E-state index contributed by atoms with van der Waals surface area (Å²) in [6.07, 6.45) is 0.770. The van der Waals surface area contributed by atoms with E-state index in [2.05, 4.69) is 4.94 Å². The molecule has 1 atom stereocenters. The molecule has 0 saturated carbocycles. The number of rotatable bonds is 1. The van der Waals surface area contributed by atoms with Crippen molar-refractivity contribution < 1.29 is 9.47 Å². The van der Waals surface area contributed by atoms with Gasteiger partial charge in [-0.1, -0.05) is 0 Å². The van der Waals surface area contributed by atoms with Crippen LogP contribution in [0.15, 0.2) is 0 Å². The highest BCUT2D eigenvalue weighted by Crippen LogP contribution is 2.19. The number of halogens is 1. The molecule has 0 amide bonds. The Balaban J connectivity index is 2.14. The summed E-state index contributed by atoms with van der Waals surface area (Å²) >= 11 is 1.74. The Morgan fingerprint density at radius 1 is 1.71 bits per heavy atom. The van der Waals surface area contributed by atoms with Gasteiger partial charge in [-0.25, -0.2) is 0 Å². The van der Waals surface area contributed by atoms with E-state index in [1.165, 1.54) is 0 Å². The average Bonchev–Trinajstić information content (AvgIpc) is 2.14. The lowest BCUT2D eigenvalue weighted by Crippen LogP contribution is -2.03. The first-order valence-electron chi connectivity index (χ1n) is 2.28. The molecule has 0 spiro atoms. The lowest BCUT2D eigenvalue weighted by molar-refractivity contribution is -0.169. The zero-order chi connectivity index (χ0) is 5.11. The molecule has 0 radical (unpaired) electrons. The van der Waals surface area contributed by atoms with Gasteiger partial charge in [0.2, 0.25) is 0 Å². The van der Waals surface area contributed by atoms with Crippen molar-refractivity contribution in [1.29, 1.82) is 0 Å². The maximum Gasteiger partial charge on any atom is 0.108 e. The minimum absolute atomic E-state index is 0.106. The van der Waals surface area contributed by atoms with Crippen LogP contribution >= 0.6 is 11.8 Å². The summed E-state index contributed by atoms with van der Waals surface area (Å²) in [4.78, 5) is 3.59. The summed E-state index contributed by atoms with van der Waals surface area (Å²) in [6.45, 7) is 0. The van der Waals surface area contributed by atoms with E-state index in [1.807, 2.05) is 0 Å². The average molecular weight is 122 g/mol. The monoisotopic (exact) mass is 122 g/mol. The lowest BCUT2D eigenvalue weighted by Gasteiger charge is -1.95. The van der Waals surface area contributed by atoms with Crippen LogP contribution in [-0.4, -0.2) is 17.6 Å². The van der Waals surface area contributed by atoms with E-state index in [0.717, 1.165) is 17.9 Å². The molecule has 7 heavy (non-hydrogen) atoms. The molecule has 1 fully saturated rings. The van der Waals surface area contributed by atoms with Crippen LogP contribution in [0.3, 0.4) is 0 Å². The van der Waals surface area contributed by atoms with Gasteiger partial charge in [-0.15, -0.1) is 0 Å². The van der Waals surface area contributed by atoms with Crippen molar-refractivity contribution in [3.05, 3.63) is 0 Å². The minimum Gasteiger partial charge on any atom is -0.190 e. The number of hydrogen-bond acceptors (Lipinski definition) is 2. The van der Waals surface area contributed by atoms with Crippen LogP contribution in [0.4, 0.5) is 4.53 Å². The van der Waals surface area contributed by atoms with Gasteiger partial charge in [0.15, 0.2) is 0 Å². The van der Waals surface area contributed by atoms with E-state index in [9.17, 15) is 4.53 Å². The molecule has 0 aromatic rings. The van der Waals surface area contributed by atoms with Gasteiger partial charge in [0.05, 0.1) is 0 Å². The van der Waals surface area contributed by atoms with Crippen molar-refractivity contribution in [3.8, 4) is 0 Å². The second-order valence-corrected chi connectivity index (χ2v) is 2.72. The van der Waals surface area contributed by atoms with Gasteiger partial charge in [0.25, 0.3) is 0 Å². The van der Waals surface area contributed by atoms with E-state index >= 15 is 0 Å². The van der Waals surface area contributed by atoms with Crippen LogP contribution in [0.2, 0.25) is 0 Å². The second-order valence-electron chi connectivity index (χ2n) is 1.57. The highest BCUT2D eigenvalue weighted by Gasteiger charge is 2.15. The molecule has 0 aromatic heterocycles. The van der Waals surface area contributed by atoms with Crippen LogP contribution in [0, 0.1) is 0 Å². The zero-order valence-corrected chi connectivity index (χ0v) is 4.71. The van der Waals surface area contributed by atoms with Gasteiger partial charge in [-0.05, 0) is 16.7 Å². The molecule has 0 bridgehead atoms. The second kappa shape index (κ2) is 2.52. The fraction of sp³-hybridized carbons (Fsp3) is 1.00. The van der Waals surface area contributed by atoms with Gasteiger partial charge in [-0.3, -0.25) is 0 Å².